The van der Waals surface area contributed by atoms with Crippen molar-refractivity contribution in [3.63, 3.8) is 0 Å². The summed E-state index contributed by atoms with van der Waals surface area (Å²) >= 11 is 0. The van der Waals surface area contributed by atoms with Gasteiger partial charge >= 0.3 is 0 Å². The molecular weight excluding hydrogens is 324 g/mol. The van der Waals surface area contributed by atoms with Crippen LogP contribution < -0.4 is 0 Å². The van der Waals surface area contributed by atoms with Crippen molar-refractivity contribution >= 4 is 6.29 Å². The predicted molar refractivity (Wildman–Crippen MR) is 106 cm³/mol. The molecule has 1 aromatic rings. The van der Waals surface area contributed by atoms with Crippen LogP contribution in [-0.4, -0.2) is 25.1 Å². The topological polar surface area (TPSA) is 38.8 Å². The normalized spacial score (nSPS) is 21.9. The number of epoxide rings is 1. The second-order valence-electron chi connectivity index (χ2n) is 7.59. The fraction of sp³-hybridized carbons (Fsp3) is 0.522. The first kappa shape index (κ1) is 20.6. The molecule has 2 rings (SSSR count). The van der Waals surface area contributed by atoms with Gasteiger partial charge in [0.2, 0.25) is 0 Å². The van der Waals surface area contributed by atoms with Crippen LogP contribution in [-0.2, 0) is 20.9 Å². The third-order valence-corrected chi connectivity index (χ3v) is 5.02. The number of hydrogen-bond donors (Lipinski definition) is 0. The minimum Gasteiger partial charge on any atom is -0.377 e. The van der Waals surface area contributed by atoms with E-state index < -0.39 is 0 Å². The number of carbonyl (C=O) groups is 1. The van der Waals surface area contributed by atoms with Crippen molar-refractivity contribution in [1.29, 1.82) is 0 Å². The molecule has 0 unspecified atom stereocenters. The SMILES string of the molecule is C=C(/C=C(\C)[C@@H](C)CCOCc1ccccc1)C[C@H](C)C[C@H]1O[C@@H]1C=O. The summed E-state index contributed by atoms with van der Waals surface area (Å²) < 4.78 is 11.1. The van der Waals surface area contributed by atoms with Gasteiger partial charge in [0, 0.05) is 6.61 Å². The molecule has 1 aliphatic rings. The van der Waals surface area contributed by atoms with Crippen LogP contribution in [0.3, 0.4) is 0 Å². The summed E-state index contributed by atoms with van der Waals surface area (Å²) in [5.74, 6) is 0.954. The van der Waals surface area contributed by atoms with Gasteiger partial charge in [-0.3, -0.25) is 0 Å². The summed E-state index contributed by atoms with van der Waals surface area (Å²) in [7, 11) is 0. The van der Waals surface area contributed by atoms with Crippen LogP contribution in [0, 0.1) is 11.8 Å². The third kappa shape index (κ3) is 7.27. The van der Waals surface area contributed by atoms with Crippen molar-refractivity contribution in [2.45, 2.75) is 58.8 Å². The molecule has 0 spiro atoms. The fourth-order valence-electron chi connectivity index (χ4n) is 3.17. The van der Waals surface area contributed by atoms with E-state index >= 15 is 0 Å². The maximum atomic E-state index is 10.6. The number of carbonyl (C=O) groups excluding carboxylic acids is 1. The molecule has 1 saturated heterocycles. The number of aldehydes is 1. The highest BCUT2D eigenvalue weighted by Crippen LogP contribution is 2.29. The van der Waals surface area contributed by atoms with Gasteiger partial charge in [-0.2, -0.15) is 0 Å². The Labute approximate surface area is 158 Å². The fourth-order valence-corrected chi connectivity index (χ4v) is 3.17. The zero-order chi connectivity index (χ0) is 18.9. The van der Waals surface area contributed by atoms with E-state index in [1.807, 2.05) is 18.2 Å². The largest absolute Gasteiger partial charge is 0.377 e. The van der Waals surface area contributed by atoms with Crippen molar-refractivity contribution in [2.75, 3.05) is 6.61 Å². The van der Waals surface area contributed by atoms with E-state index in [0.29, 0.717) is 18.4 Å². The first-order valence-electron chi connectivity index (χ1n) is 9.58. The van der Waals surface area contributed by atoms with E-state index in [4.69, 9.17) is 9.47 Å². The number of ether oxygens (including phenoxy) is 2. The van der Waals surface area contributed by atoms with Gasteiger partial charge in [0.25, 0.3) is 0 Å². The van der Waals surface area contributed by atoms with Crippen LogP contribution in [0.15, 0.2) is 54.1 Å². The molecule has 0 aliphatic carbocycles. The second-order valence-corrected chi connectivity index (χ2v) is 7.59. The van der Waals surface area contributed by atoms with E-state index in [9.17, 15) is 4.79 Å². The Balaban J connectivity index is 1.64. The van der Waals surface area contributed by atoms with Crippen molar-refractivity contribution in [2.24, 2.45) is 11.8 Å². The first-order valence-corrected chi connectivity index (χ1v) is 9.58. The van der Waals surface area contributed by atoms with Gasteiger partial charge in [-0.25, -0.2) is 0 Å². The van der Waals surface area contributed by atoms with Gasteiger partial charge in [-0.05, 0) is 43.6 Å². The molecule has 1 aromatic carbocycles. The minimum atomic E-state index is -0.168. The molecule has 1 aliphatic heterocycles. The van der Waals surface area contributed by atoms with Crippen LogP contribution in [0.5, 0.6) is 0 Å². The van der Waals surface area contributed by atoms with Gasteiger partial charge in [0.05, 0.1) is 12.7 Å². The highest BCUT2D eigenvalue weighted by atomic mass is 16.6. The standard InChI is InChI=1S/C23H32O3/c1-17(12-18(2)14-22-23(15-24)26-22)13-20(4)19(3)10-11-25-16-21-8-6-5-7-9-21/h5-9,13,15,18-19,22-23H,1,10-12,14,16H2,2-4H3/b20-13+/t18-,19-,22+,23+/m0/s1. The van der Waals surface area contributed by atoms with Crippen molar-refractivity contribution in [3.8, 4) is 0 Å². The molecule has 0 aromatic heterocycles. The molecule has 0 radical (unpaired) electrons. The predicted octanol–water partition coefficient (Wildman–Crippen LogP) is 5.11. The van der Waals surface area contributed by atoms with E-state index in [1.165, 1.54) is 11.1 Å². The Morgan fingerprint density at radius 3 is 2.69 bits per heavy atom. The lowest BCUT2D eigenvalue weighted by Gasteiger charge is -2.15. The molecule has 0 amide bonds. The third-order valence-electron chi connectivity index (χ3n) is 5.02. The van der Waals surface area contributed by atoms with Crippen LogP contribution in [0.4, 0.5) is 0 Å². The maximum absolute atomic E-state index is 10.6. The Kier molecular flexibility index (Phi) is 8.27. The summed E-state index contributed by atoms with van der Waals surface area (Å²) in [6, 6.07) is 10.3. The Morgan fingerprint density at radius 2 is 2.04 bits per heavy atom. The average molecular weight is 357 g/mol. The van der Waals surface area contributed by atoms with Gasteiger partial charge in [0.1, 0.15) is 6.10 Å². The molecule has 142 valence electrons. The molecule has 4 atom stereocenters. The lowest BCUT2D eigenvalue weighted by molar-refractivity contribution is -0.108. The number of rotatable bonds is 12. The summed E-state index contributed by atoms with van der Waals surface area (Å²) in [6.45, 7) is 12.2. The Morgan fingerprint density at radius 1 is 1.31 bits per heavy atom. The van der Waals surface area contributed by atoms with Crippen LogP contribution in [0.1, 0.15) is 45.6 Å². The minimum absolute atomic E-state index is 0.126. The zero-order valence-corrected chi connectivity index (χ0v) is 16.3. The second kappa shape index (κ2) is 10.4. The lowest BCUT2D eigenvalue weighted by atomic mass is 9.92. The molecule has 0 saturated carbocycles. The molecule has 3 heteroatoms. The molecule has 0 N–H and O–H groups in total. The smallest absolute Gasteiger partial charge is 0.151 e. The first-order chi connectivity index (χ1) is 12.5. The summed E-state index contributed by atoms with van der Waals surface area (Å²) in [4.78, 5) is 10.6. The van der Waals surface area contributed by atoms with Crippen LogP contribution in [0.2, 0.25) is 0 Å². The number of benzene rings is 1. The van der Waals surface area contributed by atoms with Crippen LogP contribution in [0.25, 0.3) is 0 Å². The summed E-state index contributed by atoms with van der Waals surface area (Å²) in [5, 5.41) is 0. The highest BCUT2D eigenvalue weighted by molar-refractivity contribution is 5.60. The maximum Gasteiger partial charge on any atom is 0.151 e. The average Bonchev–Trinajstić information content (AvgIpc) is 3.37. The van der Waals surface area contributed by atoms with Gasteiger partial charge in [-0.1, -0.05) is 68.0 Å². The van der Waals surface area contributed by atoms with Gasteiger partial charge in [0.15, 0.2) is 6.29 Å². The van der Waals surface area contributed by atoms with E-state index in [2.05, 4.69) is 45.6 Å². The van der Waals surface area contributed by atoms with Gasteiger partial charge < -0.3 is 14.3 Å². The number of hydrogen-bond acceptors (Lipinski definition) is 3. The summed E-state index contributed by atoms with van der Waals surface area (Å²) in [5.41, 5.74) is 3.71. The Bertz CT molecular complexity index is 605. The molecule has 0 bridgehead atoms. The van der Waals surface area contributed by atoms with Crippen molar-refractivity contribution in [3.05, 3.63) is 59.7 Å². The molecular formula is C23H32O3. The highest BCUT2D eigenvalue weighted by Gasteiger charge is 2.39. The van der Waals surface area contributed by atoms with Crippen molar-refractivity contribution in [1.82, 2.24) is 0 Å². The lowest BCUT2D eigenvalue weighted by Crippen LogP contribution is -2.05. The van der Waals surface area contributed by atoms with E-state index in [1.54, 1.807) is 0 Å². The molecule has 3 nitrogen and oxygen atoms in total. The van der Waals surface area contributed by atoms with E-state index in [-0.39, 0.29) is 12.2 Å². The number of allylic oxidation sites excluding steroid dienone is 3. The van der Waals surface area contributed by atoms with Crippen LogP contribution >= 0.6 is 0 Å². The monoisotopic (exact) mass is 356 g/mol. The Hall–Kier alpha value is -1.71. The van der Waals surface area contributed by atoms with E-state index in [0.717, 1.165) is 37.7 Å². The van der Waals surface area contributed by atoms with Gasteiger partial charge in [-0.15, -0.1) is 0 Å². The summed E-state index contributed by atoms with van der Waals surface area (Å²) in [6.07, 6.45) is 5.95. The van der Waals surface area contributed by atoms with Crippen molar-refractivity contribution < 1.29 is 14.3 Å². The molecule has 1 fully saturated rings. The molecule has 1 heterocycles. The molecule has 26 heavy (non-hydrogen) atoms. The zero-order valence-electron chi connectivity index (χ0n) is 16.3. The quantitative estimate of drug-likeness (QED) is 0.226.